The van der Waals surface area contributed by atoms with Crippen LogP contribution >= 0.6 is 0 Å². The lowest BCUT2D eigenvalue weighted by Crippen LogP contribution is -2.47. The van der Waals surface area contributed by atoms with Crippen LogP contribution in [0.2, 0.25) is 0 Å². The van der Waals surface area contributed by atoms with Crippen LogP contribution in [0.25, 0.3) is 21.8 Å². The number of methoxy groups -OCH3 is 1. The molecule has 0 radical (unpaired) electrons. The van der Waals surface area contributed by atoms with Crippen LogP contribution in [0, 0.1) is 36.5 Å². The number of rotatable bonds is 6. The van der Waals surface area contributed by atoms with E-state index < -0.39 is 101 Å². The van der Waals surface area contributed by atoms with Gasteiger partial charge in [-0.15, -0.1) is 0 Å². The Balaban J connectivity index is 1.09. The number of hydrogen-bond acceptors (Lipinski definition) is 16. The molecule has 4 aromatic rings. The van der Waals surface area contributed by atoms with Crippen molar-refractivity contribution < 1.29 is 58.6 Å². The number of para-hydroxylation sites is 2. The number of benzene rings is 3. The minimum absolute atomic E-state index is 0.00198. The summed E-state index contributed by atoms with van der Waals surface area (Å²) >= 11 is 0. The predicted molar refractivity (Wildman–Crippen MR) is 279 cm³/mol. The molecular formula is C56H69N7O12. The number of aromatic nitrogens is 2. The van der Waals surface area contributed by atoms with E-state index in [1.165, 1.54) is 31.3 Å². The van der Waals surface area contributed by atoms with Crippen LogP contribution in [0.4, 0.5) is 11.6 Å². The number of phenols is 2. The Morgan fingerprint density at radius 2 is 1.61 bits per heavy atom. The third kappa shape index (κ3) is 9.57. The normalized spacial score (nSPS) is 29.6. The first-order valence-electron chi connectivity index (χ1n) is 25.9. The van der Waals surface area contributed by atoms with Crippen LogP contribution in [0.1, 0.15) is 90.6 Å². The van der Waals surface area contributed by atoms with Crippen molar-refractivity contribution in [3.05, 3.63) is 82.2 Å². The maximum atomic E-state index is 15.0. The van der Waals surface area contributed by atoms with Gasteiger partial charge in [0.05, 0.1) is 51.9 Å². The highest BCUT2D eigenvalue weighted by Gasteiger charge is 2.50. The van der Waals surface area contributed by atoms with Crippen LogP contribution < -0.4 is 25.7 Å². The van der Waals surface area contributed by atoms with Gasteiger partial charge in [-0.05, 0) is 38.0 Å². The van der Waals surface area contributed by atoms with E-state index in [4.69, 9.17) is 28.9 Å². The number of anilines is 2. The van der Waals surface area contributed by atoms with Gasteiger partial charge >= 0.3 is 11.8 Å². The third-order valence-electron chi connectivity index (χ3n) is 15.9. The van der Waals surface area contributed by atoms with Crippen molar-refractivity contribution >= 4 is 57.0 Å². The first kappa shape index (κ1) is 53.2. The summed E-state index contributed by atoms with van der Waals surface area (Å²) in [4.78, 5) is 75.6. The van der Waals surface area contributed by atoms with Gasteiger partial charge < -0.3 is 54.2 Å². The number of allylic oxidation sites excluding steroid dienone is 2. The van der Waals surface area contributed by atoms with Crippen molar-refractivity contribution in [3.63, 3.8) is 0 Å². The standard InChI is InChI=1S/C56H69N7O12/c1-28(2)27-61-21-19-56(20-22-61)59-43-40-41-48(68)34(8)51-42(40)52(70)55(9,75-51)73-25-18-37(72-10)31(5)50(74-39(65)26-38(64)63-24-23-62-36-17-12-11-16-35(36)57-54(62)63)33(7)47(67)32(6)46(66)29(3)14-13-15-30(4)53(71)58-45(49(41)69)44(43)60-56/h11-18,25,28-29,31-33,37,46-47,50,66-69H,19-24,26-27H2,1-10H3,(H,58,71)/b14-13+,25-18+,30-15-/t29-,31+,32+,33+,37-,46-,47+,50+,55?/m0/s1. The van der Waals surface area contributed by atoms with Crippen LogP contribution in [0.3, 0.4) is 0 Å². The molecule has 10 rings (SSSR count). The summed E-state index contributed by atoms with van der Waals surface area (Å²) in [5, 5.41) is 51.1. The monoisotopic (exact) mass is 1030 g/mol. The number of ketones is 1. The summed E-state index contributed by atoms with van der Waals surface area (Å²) in [5.41, 5.74) is 0.866. The first-order valence-corrected chi connectivity index (χ1v) is 25.9. The number of fused-ring (bicyclic) bond motifs is 16. The molecule has 400 valence electrons. The van der Waals surface area contributed by atoms with Gasteiger partial charge in [0.15, 0.2) is 11.4 Å². The summed E-state index contributed by atoms with van der Waals surface area (Å²) < 4.78 is 26.6. The Morgan fingerprint density at radius 1 is 0.907 bits per heavy atom. The Kier molecular flexibility index (Phi) is 14.5. The second kappa shape index (κ2) is 20.5. The number of Topliss-reactive ketones (excluding diaryl/α,β-unsaturated/α-hetero) is 1. The number of hydrogen-bond donors (Lipinski definition) is 5. The Labute approximate surface area is 435 Å². The van der Waals surface area contributed by atoms with E-state index in [0.717, 1.165) is 17.6 Å². The molecule has 1 unspecified atom stereocenters. The molecule has 1 aromatic heterocycles. The lowest BCUT2D eigenvalue weighted by atomic mass is 9.78. The van der Waals surface area contributed by atoms with Crippen molar-refractivity contribution in [3.8, 4) is 17.2 Å². The summed E-state index contributed by atoms with van der Waals surface area (Å²) in [6.45, 7) is 18.8. The largest absolute Gasteiger partial charge is 0.507 e. The lowest BCUT2D eigenvalue weighted by Gasteiger charge is -2.38. The highest BCUT2D eigenvalue weighted by Crippen LogP contribution is 2.50. The van der Waals surface area contributed by atoms with E-state index in [2.05, 4.69) is 29.0 Å². The summed E-state index contributed by atoms with van der Waals surface area (Å²) in [6, 6.07) is 7.52. The molecule has 2 amide bonds. The minimum Gasteiger partial charge on any atom is -0.507 e. The predicted octanol–water partition coefficient (Wildman–Crippen LogP) is 5.52. The molecule has 5 bridgehead atoms. The number of aliphatic hydroxyl groups excluding tert-OH is 2. The van der Waals surface area contributed by atoms with Crippen molar-refractivity contribution in [2.75, 3.05) is 43.5 Å². The number of nitrogens with zero attached hydrogens (tertiary/aromatic N) is 6. The fraction of sp³-hybridized carbons (Fsp3) is 0.518. The number of esters is 1. The number of piperidine rings is 1. The Bertz CT molecular complexity index is 3190. The fourth-order valence-corrected chi connectivity index (χ4v) is 11.4. The van der Waals surface area contributed by atoms with Gasteiger partial charge in [0.25, 0.3) is 11.7 Å². The van der Waals surface area contributed by atoms with Crippen LogP contribution in [0.15, 0.2) is 70.4 Å². The molecule has 1 fully saturated rings. The average molecular weight is 1030 g/mol. The van der Waals surface area contributed by atoms with Crippen molar-refractivity contribution in [2.24, 2.45) is 39.6 Å². The molecule has 19 nitrogen and oxygen atoms in total. The van der Waals surface area contributed by atoms with Crippen molar-refractivity contribution in [1.82, 2.24) is 14.5 Å². The molecule has 6 aliphatic rings. The lowest BCUT2D eigenvalue weighted by molar-refractivity contribution is -0.164. The zero-order valence-electron chi connectivity index (χ0n) is 44.3. The van der Waals surface area contributed by atoms with Crippen molar-refractivity contribution in [1.29, 1.82) is 0 Å². The SMILES string of the molecule is CO[C@H]1/C=C/OC2(C)Oc3c(C)c(O)c4c(O)c(c5c(c4c3C2=O)=NC2(CCN(CC(C)C)CC2)N=5)NC(=O)/C(C)=C\C=C\[C@H](C)[C@H](O)[C@@H](C)[C@@H](O)[C@@H](C)[C@H](OC(=O)CC(=O)N2CCn3c2nc2ccccc23)[C@@H]1C. The summed E-state index contributed by atoms with van der Waals surface area (Å²) in [5.74, 6) is -7.63. The van der Waals surface area contributed by atoms with E-state index in [1.807, 2.05) is 28.8 Å². The van der Waals surface area contributed by atoms with Gasteiger partial charge in [-0.25, -0.2) is 4.98 Å². The number of imidazole rings is 1. The molecule has 1 spiro atoms. The number of carbonyl (C=O) groups excluding carboxylic acids is 4. The van der Waals surface area contributed by atoms with Gasteiger partial charge in [-0.3, -0.25) is 34.1 Å². The second-order valence-electron chi connectivity index (χ2n) is 21.6. The van der Waals surface area contributed by atoms with E-state index in [-0.39, 0.29) is 49.6 Å². The topological polar surface area (TPSA) is 247 Å². The minimum atomic E-state index is -2.03. The molecule has 1 saturated heterocycles. The maximum Gasteiger partial charge on any atom is 0.315 e. The molecule has 9 atom stereocenters. The van der Waals surface area contributed by atoms with Gasteiger partial charge in [0, 0.05) is 99.8 Å². The van der Waals surface area contributed by atoms with E-state index in [1.54, 1.807) is 59.8 Å². The fourth-order valence-electron chi connectivity index (χ4n) is 11.4. The van der Waals surface area contributed by atoms with Gasteiger partial charge in [-0.1, -0.05) is 71.9 Å². The zero-order chi connectivity index (χ0) is 54.0. The first-order chi connectivity index (χ1) is 35.6. The maximum absolute atomic E-state index is 15.0. The number of aromatic hydroxyl groups is 2. The van der Waals surface area contributed by atoms with Crippen LogP contribution in [0.5, 0.6) is 17.2 Å². The molecule has 7 heterocycles. The van der Waals surface area contributed by atoms with E-state index >= 15 is 0 Å². The number of likely N-dealkylation sites (tertiary alicyclic amines) is 1. The second-order valence-corrected chi connectivity index (χ2v) is 21.6. The smallest absolute Gasteiger partial charge is 0.315 e. The quantitative estimate of drug-likeness (QED) is 0.0908. The van der Waals surface area contributed by atoms with Crippen LogP contribution in [-0.4, -0.2) is 128 Å². The van der Waals surface area contributed by atoms with E-state index in [9.17, 15) is 39.6 Å². The molecule has 75 heavy (non-hydrogen) atoms. The number of carbonyl (C=O) groups is 4. The molecule has 0 aliphatic carbocycles. The average Bonchev–Trinajstić information content (AvgIpc) is 4.19. The zero-order valence-corrected chi connectivity index (χ0v) is 44.3. The van der Waals surface area contributed by atoms with Gasteiger partial charge in [0.1, 0.15) is 35.1 Å². The highest BCUT2D eigenvalue weighted by molar-refractivity contribution is 6.19. The number of aliphatic hydroxyl groups is 2. The Hall–Kier alpha value is -6.67. The molecule has 19 heteroatoms. The molecule has 6 aliphatic heterocycles. The van der Waals surface area contributed by atoms with Gasteiger partial charge in [-0.2, -0.15) is 0 Å². The van der Waals surface area contributed by atoms with Gasteiger partial charge in [0.2, 0.25) is 11.9 Å². The Morgan fingerprint density at radius 3 is 2.32 bits per heavy atom. The van der Waals surface area contributed by atoms with E-state index in [0.29, 0.717) is 50.9 Å². The highest BCUT2D eigenvalue weighted by atomic mass is 16.7. The third-order valence-corrected chi connectivity index (χ3v) is 15.9. The molecule has 3 aromatic carbocycles. The summed E-state index contributed by atoms with van der Waals surface area (Å²) in [6.07, 6.45) is 3.61. The van der Waals surface area contributed by atoms with Crippen LogP contribution in [-0.2, 0) is 35.1 Å². The number of amides is 2. The molecule has 0 saturated carbocycles. The molecule has 5 N–H and O–H groups in total. The number of ether oxygens (including phenoxy) is 4. The van der Waals surface area contributed by atoms with Crippen molar-refractivity contribution in [2.45, 2.75) is 124 Å². The number of nitrogens with one attached hydrogen (secondary N) is 1. The number of phenolic OH excluding ortho intramolecular Hbond substituents is 2. The summed E-state index contributed by atoms with van der Waals surface area (Å²) in [7, 11) is 1.44. The molecular weight excluding hydrogens is 963 g/mol.